The van der Waals surface area contributed by atoms with E-state index in [4.69, 9.17) is 9.47 Å². The van der Waals surface area contributed by atoms with Gasteiger partial charge in [-0.1, -0.05) is 12.1 Å². The largest absolute Gasteiger partial charge is 0.457 e. The molecule has 144 valence electrons. The molecule has 1 saturated heterocycles. The quantitative estimate of drug-likeness (QED) is 0.783. The first kappa shape index (κ1) is 18.9. The summed E-state index contributed by atoms with van der Waals surface area (Å²) >= 11 is 0. The van der Waals surface area contributed by atoms with Gasteiger partial charge in [-0.15, -0.1) is 0 Å². The van der Waals surface area contributed by atoms with Crippen molar-refractivity contribution >= 4 is 11.9 Å². The Morgan fingerprint density at radius 2 is 1.93 bits per heavy atom. The zero-order valence-corrected chi connectivity index (χ0v) is 15.2. The molecule has 0 aliphatic carbocycles. The number of aromatic nitrogens is 1. The third-order valence-corrected chi connectivity index (χ3v) is 4.36. The summed E-state index contributed by atoms with van der Waals surface area (Å²) in [7, 11) is 1.49. The standard InChI is InChI=1S/C19H23FN4O3/c1-21-19(25)27-14-26-16-6-4-15(5-7-16)13-23-9-11-24(12-10-23)18-17(20)3-2-8-22-18/h2-8H,9-14H2,1H3,(H,21,25). The number of carbonyl (C=O) groups excluding carboxylic acids is 1. The second kappa shape index (κ2) is 9.18. The highest BCUT2D eigenvalue weighted by atomic mass is 19.1. The first-order valence-electron chi connectivity index (χ1n) is 8.80. The number of hydrogen-bond donors (Lipinski definition) is 1. The molecule has 0 bridgehead atoms. The van der Waals surface area contributed by atoms with E-state index in [2.05, 4.69) is 15.2 Å². The van der Waals surface area contributed by atoms with Gasteiger partial charge in [0.05, 0.1) is 0 Å². The molecule has 3 rings (SSSR count). The number of hydrogen-bond acceptors (Lipinski definition) is 6. The number of piperazine rings is 1. The molecule has 1 amide bonds. The number of pyridine rings is 1. The summed E-state index contributed by atoms with van der Waals surface area (Å²) in [6, 6.07) is 10.7. The maximum absolute atomic E-state index is 13.8. The van der Waals surface area contributed by atoms with Gasteiger partial charge in [0.15, 0.2) is 11.6 Å². The fourth-order valence-corrected chi connectivity index (χ4v) is 2.90. The molecule has 0 atom stereocenters. The minimum atomic E-state index is -0.531. The van der Waals surface area contributed by atoms with E-state index in [0.29, 0.717) is 11.6 Å². The molecule has 1 aromatic heterocycles. The van der Waals surface area contributed by atoms with E-state index in [1.54, 1.807) is 12.3 Å². The van der Waals surface area contributed by atoms with Crippen LogP contribution in [0.25, 0.3) is 0 Å². The molecular formula is C19H23FN4O3. The highest BCUT2D eigenvalue weighted by molar-refractivity contribution is 5.66. The number of benzene rings is 1. The van der Waals surface area contributed by atoms with Gasteiger partial charge >= 0.3 is 6.09 Å². The second-order valence-corrected chi connectivity index (χ2v) is 6.16. The lowest BCUT2D eigenvalue weighted by atomic mass is 10.2. The SMILES string of the molecule is CNC(=O)OCOc1ccc(CN2CCN(c3ncccc3F)CC2)cc1. The van der Waals surface area contributed by atoms with Crippen LogP contribution in [0.4, 0.5) is 15.0 Å². The first-order chi connectivity index (χ1) is 13.2. The molecule has 1 aliphatic rings. The fourth-order valence-electron chi connectivity index (χ4n) is 2.90. The lowest BCUT2D eigenvalue weighted by molar-refractivity contribution is 0.0608. The minimum Gasteiger partial charge on any atom is -0.457 e. The Kier molecular flexibility index (Phi) is 6.43. The number of nitrogens with one attached hydrogen (secondary N) is 1. The van der Waals surface area contributed by atoms with Gasteiger partial charge in [0.1, 0.15) is 5.75 Å². The Bertz CT molecular complexity index is 749. The number of rotatable bonds is 6. The Balaban J connectivity index is 1.45. The highest BCUT2D eigenvalue weighted by Crippen LogP contribution is 2.19. The molecule has 1 N–H and O–H groups in total. The molecule has 1 aliphatic heterocycles. The summed E-state index contributed by atoms with van der Waals surface area (Å²) in [6.45, 7) is 3.85. The van der Waals surface area contributed by atoms with Gasteiger partial charge in [-0.3, -0.25) is 4.90 Å². The van der Waals surface area contributed by atoms with Crippen LogP contribution in [-0.4, -0.2) is 56.0 Å². The van der Waals surface area contributed by atoms with E-state index < -0.39 is 6.09 Å². The van der Waals surface area contributed by atoms with Crippen LogP contribution in [0.3, 0.4) is 0 Å². The minimum absolute atomic E-state index is 0.134. The second-order valence-electron chi connectivity index (χ2n) is 6.16. The van der Waals surface area contributed by atoms with E-state index in [1.165, 1.54) is 13.1 Å². The Hall–Kier alpha value is -2.87. The van der Waals surface area contributed by atoms with Gasteiger partial charge in [-0.05, 0) is 29.8 Å². The van der Waals surface area contributed by atoms with E-state index in [9.17, 15) is 9.18 Å². The van der Waals surface area contributed by atoms with Crippen LogP contribution < -0.4 is 15.0 Å². The molecule has 1 fully saturated rings. The smallest absolute Gasteiger partial charge is 0.409 e. The fraction of sp³-hybridized carbons (Fsp3) is 0.368. The van der Waals surface area contributed by atoms with Gasteiger partial charge in [0.2, 0.25) is 6.79 Å². The highest BCUT2D eigenvalue weighted by Gasteiger charge is 2.20. The van der Waals surface area contributed by atoms with Crippen LogP contribution in [0.2, 0.25) is 0 Å². The van der Waals surface area contributed by atoms with E-state index in [1.807, 2.05) is 29.2 Å². The zero-order valence-electron chi connectivity index (χ0n) is 15.2. The van der Waals surface area contributed by atoms with Crippen molar-refractivity contribution in [3.63, 3.8) is 0 Å². The van der Waals surface area contributed by atoms with Gasteiger partial charge in [-0.2, -0.15) is 0 Å². The Morgan fingerprint density at radius 1 is 1.19 bits per heavy atom. The van der Waals surface area contributed by atoms with Crippen LogP contribution in [-0.2, 0) is 11.3 Å². The molecular weight excluding hydrogens is 351 g/mol. The third-order valence-electron chi connectivity index (χ3n) is 4.36. The summed E-state index contributed by atoms with van der Waals surface area (Å²) in [5.74, 6) is 0.790. The number of ether oxygens (including phenoxy) is 2. The van der Waals surface area contributed by atoms with Gasteiger partial charge < -0.3 is 19.7 Å². The molecule has 0 unspecified atom stereocenters. The maximum atomic E-state index is 13.8. The van der Waals surface area contributed by atoms with Crippen molar-refractivity contribution in [2.45, 2.75) is 6.54 Å². The Morgan fingerprint density at radius 3 is 2.59 bits per heavy atom. The topological polar surface area (TPSA) is 66.9 Å². The molecule has 0 spiro atoms. The van der Waals surface area contributed by atoms with Crippen LogP contribution in [0.5, 0.6) is 5.75 Å². The molecule has 2 heterocycles. The first-order valence-corrected chi connectivity index (χ1v) is 8.80. The van der Waals surface area contributed by atoms with Gasteiger partial charge in [0, 0.05) is 46.0 Å². The van der Waals surface area contributed by atoms with Crippen molar-refractivity contribution in [3.05, 3.63) is 54.0 Å². The van der Waals surface area contributed by atoms with Crippen LogP contribution in [0.15, 0.2) is 42.6 Å². The predicted octanol–water partition coefficient (Wildman–Crippen LogP) is 2.24. The number of carbonyl (C=O) groups is 1. The van der Waals surface area contributed by atoms with Gasteiger partial charge in [0.25, 0.3) is 0 Å². The molecule has 27 heavy (non-hydrogen) atoms. The Labute approximate surface area is 157 Å². The lowest BCUT2D eigenvalue weighted by Crippen LogP contribution is -2.46. The van der Waals surface area contributed by atoms with Crippen molar-refractivity contribution in [2.75, 3.05) is 44.9 Å². The molecule has 8 heteroatoms. The zero-order chi connectivity index (χ0) is 19.1. The number of anilines is 1. The van der Waals surface area contributed by atoms with E-state index in [0.717, 1.165) is 38.3 Å². The van der Waals surface area contributed by atoms with Crippen LogP contribution in [0, 0.1) is 5.82 Å². The molecule has 1 aromatic carbocycles. The van der Waals surface area contributed by atoms with Crippen LogP contribution >= 0.6 is 0 Å². The van der Waals surface area contributed by atoms with Gasteiger partial charge in [-0.25, -0.2) is 14.2 Å². The van der Waals surface area contributed by atoms with E-state index >= 15 is 0 Å². The van der Waals surface area contributed by atoms with Crippen LogP contribution in [0.1, 0.15) is 5.56 Å². The average Bonchev–Trinajstić information content (AvgIpc) is 2.70. The molecule has 0 saturated carbocycles. The lowest BCUT2D eigenvalue weighted by Gasteiger charge is -2.35. The number of amides is 1. The molecule has 7 nitrogen and oxygen atoms in total. The number of nitrogens with zero attached hydrogens (tertiary/aromatic N) is 3. The van der Waals surface area contributed by atoms with Crippen molar-refractivity contribution < 1.29 is 18.7 Å². The van der Waals surface area contributed by atoms with Crippen molar-refractivity contribution in [2.24, 2.45) is 0 Å². The number of halogens is 1. The summed E-state index contributed by atoms with van der Waals surface area (Å²) in [6.07, 6.45) is 1.09. The summed E-state index contributed by atoms with van der Waals surface area (Å²) in [5.41, 5.74) is 1.16. The predicted molar refractivity (Wildman–Crippen MR) is 99.2 cm³/mol. The maximum Gasteiger partial charge on any atom is 0.409 e. The molecule has 2 aromatic rings. The summed E-state index contributed by atoms with van der Waals surface area (Å²) in [4.78, 5) is 19.4. The third kappa shape index (κ3) is 5.30. The average molecular weight is 374 g/mol. The van der Waals surface area contributed by atoms with Crippen molar-refractivity contribution in [1.29, 1.82) is 0 Å². The summed E-state index contributed by atoms with van der Waals surface area (Å²) in [5, 5.41) is 2.35. The van der Waals surface area contributed by atoms with E-state index in [-0.39, 0.29) is 12.6 Å². The molecule has 0 radical (unpaired) electrons. The van der Waals surface area contributed by atoms with Crippen molar-refractivity contribution in [3.8, 4) is 5.75 Å². The van der Waals surface area contributed by atoms with Crippen molar-refractivity contribution in [1.82, 2.24) is 15.2 Å². The summed E-state index contributed by atoms with van der Waals surface area (Å²) < 4.78 is 24.0. The monoisotopic (exact) mass is 374 g/mol. The normalized spacial score (nSPS) is 14.7. The number of alkyl carbamates (subject to hydrolysis) is 1.